The lowest BCUT2D eigenvalue weighted by atomic mass is 10.0. The van der Waals surface area contributed by atoms with E-state index in [0.29, 0.717) is 18.7 Å². The summed E-state index contributed by atoms with van der Waals surface area (Å²) in [7, 11) is 0. The van der Waals surface area contributed by atoms with Crippen LogP contribution in [-0.4, -0.2) is 41.4 Å². The largest absolute Gasteiger partial charge is 0.332 e. The number of nitrogens with one attached hydrogen (secondary N) is 1. The molecule has 1 aromatic carbocycles. The van der Waals surface area contributed by atoms with Crippen molar-refractivity contribution in [3.05, 3.63) is 29.8 Å². The number of rotatable bonds is 2. The van der Waals surface area contributed by atoms with Gasteiger partial charge in [0.05, 0.1) is 11.7 Å². The highest BCUT2D eigenvalue weighted by atomic mass is 16.2. The Morgan fingerprint density at radius 2 is 1.76 bits per heavy atom. The number of likely N-dealkylation sites (tertiary alicyclic amines) is 1. The molecule has 6 nitrogen and oxygen atoms in total. The van der Waals surface area contributed by atoms with Crippen molar-refractivity contribution in [3.63, 3.8) is 0 Å². The van der Waals surface area contributed by atoms with Gasteiger partial charge in [-0.1, -0.05) is 30.5 Å². The third-order valence-corrected chi connectivity index (χ3v) is 5.66. The van der Waals surface area contributed by atoms with Crippen molar-refractivity contribution < 1.29 is 14.4 Å². The first-order chi connectivity index (χ1) is 12.1. The summed E-state index contributed by atoms with van der Waals surface area (Å²) in [5, 5.41) is 2.92. The van der Waals surface area contributed by atoms with E-state index < -0.39 is 12.1 Å². The van der Waals surface area contributed by atoms with Crippen molar-refractivity contribution in [2.45, 2.75) is 51.1 Å². The maximum atomic E-state index is 13.1. The van der Waals surface area contributed by atoms with Gasteiger partial charge in [0.25, 0.3) is 5.91 Å². The molecule has 3 fully saturated rings. The average molecular weight is 341 g/mol. The van der Waals surface area contributed by atoms with Crippen LogP contribution in [0.4, 0.5) is 10.5 Å². The highest BCUT2D eigenvalue weighted by molar-refractivity contribution is 6.19. The minimum Gasteiger partial charge on any atom is -0.332 e. The minimum atomic E-state index is -0.577. The van der Waals surface area contributed by atoms with Gasteiger partial charge < -0.3 is 10.2 Å². The van der Waals surface area contributed by atoms with Crippen molar-refractivity contribution >= 4 is 23.5 Å². The van der Waals surface area contributed by atoms with E-state index in [1.807, 2.05) is 19.1 Å². The topological polar surface area (TPSA) is 69.7 Å². The summed E-state index contributed by atoms with van der Waals surface area (Å²) < 4.78 is 0. The first-order valence-electron chi connectivity index (χ1n) is 9.08. The van der Waals surface area contributed by atoms with E-state index in [1.165, 1.54) is 4.90 Å². The molecule has 25 heavy (non-hydrogen) atoms. The van der Waals surface area contributed by atoms with E-state index in [4.69, 9.17) is 0 Å². The molecule has 6 heteroatoms. The van der Waals surface area contributed by atoms with Gasteiger partial charge in [0.15, 0.2) is 0 Å². The number of hydrogen-bond acceptors (Lipinski definition) is 3. The van der Waals surface area contributed by atoms with Crippen LogP contribution in [0.2, 0.25) is 0 Å². The van der Waals surface area contributed by atoms with Gasteiger partial charge in [-0.15, -0.1) is 0 Å². The molecule has 1 N–H and O–H groups in total. The molecule has 2 saturated heterocycles. The van der Waals surface area contributed by atoms with E-state index in [1.54, 1.807) is 17.0 Å². The molecular formula is C19H23N3O3. The molecule has 1 saturated carbocycles. The van der Waals surface area contributed by atoms with Gasteiger partial charge in [0.2, 0.25) is 5.91 Å². The van der Waals surface area contributed by atoms with Crippen molar-refractivity contribution in [1.29, 1.82) is 0 Å². The maximum absolute atomic E-state index is 13.1. The summed E-state index contributed by atoms with van der Waals surface area (Å²) in [5.41, 5.74) is 1.61. The highest BCUT2D eigenvalue weighted by Gasteiger charge is 2.50. The van der Waals surface area contributed by atoms with Crippen LogP contribution in [0.1, 0.15) is 37.7 Å². The third-order valence-electron chi connectivity index (χ3n) is 5.66. The second kappa shape index (κ2) is 6.17. The molecule has 2 atom stereocenters. The van der Waals surface area contributed by atoms with E-state index in [9.17, 15) is 14.4 Å². The van der Waals surface area contributed by atoms with Gasteiger partial charge in [0.1, 0.15) is 6.04 Å². The number of carbonyl (C=O) groups is 3. The Morgan fingerprint density at radius 3 is 2.44 bits per heavy atom. The smallest absolute Gasteiger partial charge is 0.329 e. The number of aryl methyl sites for hydroxylation is 1. The van der Waals surface area contributed by atoms with Gasteiger partial charge in [-0.05, 0) is 38.3 Å². The van der Waals surface area contributed by atoms with Crippen molar-refractivity contribution in [3.8, 4) is 0 Å². The lowest BCUT2D eigenvalue weighted by molar-refractivity contribution is -0.141. The van der Waals surface area contributed by atoms with Crippen LogP contribution in [-0.2, 0) is 9.59 Å². The summed E-state index contributed by atoms with van der Waals surface area (Å²) in [5.74, 6) is -0.170. The fourth-order valence-corrected chi connectivity index (χ4v) is 4.30. The Hall–Kier alpha value is -2.37. The molecular weight excluding hydrogens is 318 g/mol. The van der Waals surface area contributed by atoms with Gasteiger partial charge in [-0.2, -0.15) is 0 Å². The fourth-order valence-electron chi connectivity index (χ4n) is 4.30. The van der Waals surface area contributed by atoms with Gasteiger partial charge >= 0.3 is 6.03 Å². The number of amides is 4. The van der Waals surface area contributed by atoms with Crippen molar-refractivity contribution in [2.75, 3.05) is 11.4 Å². The van der Waals surface area contributed by atoms with E-state index >= 15 is 0 Å². The zero-order chi connectivity index (χ0) is 17.6. The highest BCUT2D eigenvalue weighted by Crippen LogP contribution is 2.32. The molecule has 0 radical (unpaired) electrons. The molecule has 132 valence electrons. The fraction of sp³-hybridized carbons (Fsp3) is 0.526. The number of benzene rings is 1. The van der Waals surface area contributed by atoms with E-state index in [-0.39, 0.29) is 23.8 Å². The first-order valence-corrected chi connectivity index (χ1v) is 9.08. The number of carbonyl (C=O) groups excluding carboxylic acids is 3. The molecule has 1 aliphatic carbocycles. The molecule has 0 unspecified atom stereocenters. The van der Waals surface area contributed by atoms with Crippen LogP contribution in [0, 0.1) is 12.8 Å². The molecule has 1 aromatic rings. The number of nitrogens with zero attached hydrogens (tertiary/aromatic N) is 2. The maximum Gasteiger partial charge on any atom is 0.329 e. The summed E-state index contributed by atoms with van der Waals surface area (Å²) >= 11 is 0. The van der Waals surface area contributed by atoms with Crippen LogP contribution < -0.4 is 10.2 Å². The van der Waals surface area contributed by atoms with Crippen molar-refractivity contribution in [2.24, 2.45) is 5.92 Å². The van der Waals surface area contributed by atoms with E-state index in [0.717, 1.165) is 31.2 Å². The average Bonchev–Trinajstić information content (AvgIpc) is 3.25. The van der Waals surface area contributed by atoms with Crippen LogP contribution in [0.15, 0.2) is 24.3 Å². The van der Waals surface area contributed by atoms with Crippen LogP contribution in [0.3, 0.4) is 0 Å². The third kappa shape index (κ3) is 2.69. The monoisotopic (exact) mass is 341 g/mol. The number of imide groups is 1. The molecule has 0 spiro atoms. The summed E-state index contributed by atoms with van der Waals surface area (Å²) in [6.07, 6.45) is 4.63. The predicted octanol–water partition coefficient (Wildman–Crippen LogP) is 2.21. The molecule has 4 rings (SSSR count). The normalized spacial score (nSPS) is 26.8. The van der Waals surface area contributed by atoms with Crippen molar-refractivity contribution in [1.82, 2.24) is 10.2 Å². The Bertz CT molecular complexity index is 709. The van der Waals surface area contributed by atoms with Crippen LogP contribution in [0.25, 0.3) is 0 Å². The zero-order valence-electron chi connectivity index (χ0n) is 14.4. The quantitative estimate of drug-likeness (QED) is 0.897. The Labute approximate surface area is 147 Å². The number of fused-ring (bicyclic) bond motifs is 1. The second-order valence-electron chi connectivity index (χ2n) is 7.31. The summed E-state index contributed by atoms with van der Waals surface area (Å²) in [6.45, 7) is 2.50. The molecule has 0 bridgehead atoms. The minimum absolute atomic E-state index is 0.0389. The SMILES string of the molecule is Cc1ccc(N2C(=O)N[C@@H]3CCN(C(=O)C4CCCC4)[C@@H]3C2=O)cc1. The Balaban J connectivity index is 1.61. The summed E-state index contributed by atoms with van der Waals surface area (Å²) in [4.78, 5) is 41.3. The predicted molar refractivity (Wildman–Crippen MR) is 93.1 cm³/mol. The van der Waals surface area contributed by atoms with Gasteiger partial charge in [-0.25, -0.2) is 9.69 Å². The molecule has 2 heterocycles. The lowest BCUT2D eigenvalue weighted by Gasteiger charge is -2.37. The first kappa shape index (κ1) is 16.1. The van der Waals surface area contributed by atoms with Crippen LogP contribution >= 0.6 is 0 Å². The number of anilines is 1. The molecule has 2 aliphatic heterocycles. The number of hydrogen-bond donors (Lipinski definition) is 1. The summed E-state index contributed by atoms with van der Waals surface area (Å²) in [6, 6.07) is 6.04. The van der Waals surface area contributed by atoms with Gasteiger partial charge in [0, 0.05) is 12.5 Å². The second-order valence-corrected chi connectivity index (χ2v) is 7.31. The molecule has 3 aliphatic rings. The zero-order valence-corrected chi connectivity index (χ0v) is 14.4. The molecule has 4 amide bonds. The Morgan fingerprint density at radius 1 is 1.08 bits per heavy atom. The number of urea groups is 1. The standard InChI is InChI=1S/C19H23N3O3/c1-12-6-8-14(9-7-12)22-18(24)16-15(20-19(22)25)10-11-21(16)17(23)13-4-2-3-5-13/h6-9,13,15-16H,2-5,10-11H2,1H3,(H,20,25)/t15-,16+/m1/s1. The Kier molecular flexibility index (Phi) is 3.98. The van der Waals surface area contributed by atoms with Crippen LogP contribution in [0.5, 0.6) is 0 Å². The van der Waals surface area contributed by atoms with Gasteiger partial charge in [-0.3, -0.25) is 9.59 Å². The van der Waals surface area contributed by atoms with E-state index in [2.05, 4.69) is 5.32 Å². The molecule has 0 aromatic heterocycles. The lowest BCUT2D eigenvalue weighted by Crippen LogP contribution is -2.65.